The zero-order chi connectivity index (χ0) is 11.8. The van der Waals surface area contributed by atoms with Crippen LogP contribution in [0.4, 0.5) is 0 Å². The van der Waals surface area contributed by atoms with Gasteiger partial charge in [0.15, 0.2) is 0 Å². The van der Waals surface area contributed by atoms with Crippen LogP contribution in [0, 0.1) is 5.92 Å². The van der Waals surface area contributed by atoms with Crippen LogP contribution in [-0.2, 0) is 13.1 Å². The normalized spacial score (nSPS) is 11.2. The summed E-state index contributed by atoms with van der Waals surface area (Å²) in [6.45, 7) is 9.69. The SMILES string of the molecule is CCn1cc(CNCCCCC(C)C)cn1. The fraction of sp³-hybridized carbons (Fsp3) is 0.769. The Hall–Kier alpha value is -0.830. The molecular formula is C13H25N3. The average molecular weight is 223 g/mol. The fourth-order valence-electron chi connectivity index (χ4n) is 1.71. The van der Waals surface area contributed by atoms with Gasteiger partial charge in [0, 0.05) is 24.8 Å². The van der Waals surface area contributed by atoms with Crippen molar-refractivity contribution >= 4 is 0 Å². The molecule has 1 N–H and O–H groups in total. The summed E-state index contributed by atoms with van der Waals surface area (Å²) in [6, 6.07) is 0. The van der Waals surface area contributed by atoms with Gasteiger partial charge in [-0.25, -0.2) is 0 Å². The summed E-state index contributed by atoms with van der Waals surface area (Å²) in [5.41, 5.74) is 1.28. The Morgan fingerprint density at radius 3 is 2.81 bits per heavy atom. The van der Waals surface area contributed by atoms with Crippen molar-refractivity contribution in [1.29, 1.82) is 0 Å². The second-order valence-corrected chi connectivity index (χ2v) is 4.77. The highest BCUT2D eigenvalue weighted by atomic mass is 15.3. The van der Waals surface area contributed by atoms with Gasteiger partial charge in [-0.1, -0.05) is 26.7 Å². The number of hydrogen-bond donors (Lipinski definition) is 1. The van der Waals surface area contributed by atoms with E-state index in [1.165, 1.54) is 24.8 Å². The number of nitrogens with zero attached hydrogens (tertiary/aromatic N) is 2. The van der Waals surface area contributed by atoms with Crippen LogP contribution in [0.2, 0.25) is 0 Å². The quantitative estimate of drug-likeness (QED) is 0.687. The zero-order valence-corrected chi connectivity index (χ0v) is 10.9. The van der Waals surface area contributed by atoms with Gasteiger partial charge >= 0.3 is 0 Å². The Balaban J connectivity index is 2.02. The van der Waals surface area contributed by atoms with Crippen molar-refractivity contribution in [2.45, 2.75) is 53.1 Å². The number of nitrogens with one attached hydrogen (secondary N) is 1. The molecule has 92 valence electrons. The van der Waals surface area contributed by atoms with E-state index in [-0.39, 0.29) is 0 Å². The molecule has 0 saturated heterocycles. The van der Waals surface area contributed by atoms with Crippen molar-refractivity contribution in [3.8, 4) is 0 Å². The van der Waals surface area contributed by atoms with Crippen LogP contribution in [0.25, 0.3) is 0 Å². The van der Waals surface area contributed by atoms with Gasteiger partial charge in [0.1, 0.15) is 0 Å². The minimum atomic E-state index is 0.836. The summed E-state index contributed by atoms with van der Waals surface area (Å²) in [4.78, 5) is 0. The second-order valence-electron chi connectivity index (χ2n) is 4.77. The lowest BCUT2D eigenvalue weighted by molar-refractivity contribution is 0.520. The first-order valence-corrected chi connectivity index (χ1v) is 6.44. The average Bonchev–Trinajstić information content (AvgIpc) is 2.70. The summed E-state index contributed by atoms with van der Waals surface area (Å²) < 4.78 is 1.97. The molecule has 3 nitrogen and oxygen atoms in total. The smallest absolute Gasteiger partial charge is 0.0534 e. The van der Waals surface area contributed by atoms with Gasteiger partial charge < -0.3 is 5.32 Å². The maximum atomic E-state index is 4.25. The zero-order valence-electron chi connectivity index (χ0n) is 10.9. The van der Waals surface area contributed by atoms with Crippen molar-refractivity contribution in [3.05, 3.63) is 18.0 Å². The predicted octanol–water partition coefficient (Wildman–Crippen LogP) is 2.82. The molecule has 0 unspecified atom stereocenters. The Bertz CT molecular complexity index is 278. The fourth-order valence-corrected chi connectivity index (χ4v) is 1.71. The minimum Gasteiger partial charge on any atom is -0.313 e. The third-order valence-electron chi connectivity index (χ3n) is 2.72. The molecule has 0 aliphatic rings. The van der Waals surface area contributed by atoms with E-state index in [0.29, 0.717) is 0 Å². The summed E-state index contributed by atoms with van der Waals surface area (Å²) in [5.74, 6) is 0.836. The first-order valence-electron chi connectivity index (χ1n) is 6.44. The lowest BCUT2D eigenvalue weighted by atomic mass is 10.1. The van der Waals surface area contributed by atoms with Crippen LogP contribution in [0.1, 0.15) is 45.6 Å². The highest BCUT2D eigenvalue weighted by Gasteiger charge is 1.97. The molecule has 0 radical (unpaired) electrons. The van der Waals surface area contributed by atoms with E-state index in [0.717, 1.165) is 25.6 Å². The van der Waals surface area contributed by atoms with Gasteiger partial charge in [0.2, 0.25) is 0 Å². The molecule has 0 amide bonds. The first kappa shape index (κ1) is 13.2. The largest absolute Gasteiger partial charge is 0.313 e. The molecule has 1 aromatic rings. The number of aromatic nitrogens is 2. The van der Waals surface area contributed by atoms with Crippen molar-refractivity contribution in [2.75, 3.05) is 6.54 Å². The van der Waals surface area contributed by atoms with Crippen LogP contribution in [0.15, 0.2) is 12.4 Å². The Morgan fingerprint density at radius 1 is 1.38 bits per heavy atom. The van der Waals surface area contributed by atoms with E-state index in [1.807, 2.05) is 10.9 Å². The molecule has 0 fully saturated rings. The number of hydrogen-bond acceptors (Lipinski definition) is 2. The number of unbranched alkanes of at least 4 members (excludes halogenated alkanes) is 1. The first-order chi connectivity index (χ1) is 7.72. The van der Waals surface area contributed by atoms with Crippen LogP contribution in [-0.4, -0.2) is 16.3 Å². The van der Waals surface area contributed by atoms with Gasteiger partial charge in [0.05, 0.1) is 6.20 Å². The van der Waals surface area contributed by atoms with E-state index in [4.69, 9.17) is 0 Å². The standard InChI is InChI=1S/C13H25N3/c1-4-16-11-13(10-15-16)9-14-8-6-5-7-12(2)3/h10-12,14H,4-9H2,1-3H3. The molecule has 1 aromatic heterocycles. The van der Waals surface area contributed by atoms with Gasteiger partial charge in [-0.15, -0.1) is 0 Å². The van der Waals surface area contributed by atoms with E-state index in [9.17, 15) is 0 Å². The molecule has 0 aromatic carbocycles. The Labute approximate surface area is 99.2 Å². The Morgan fingerprint density at radius 2 is 2.19 bits per heavy atom. The second kappa shape index (κ2) is 7.44. The molecule has 0 saturated carbocycles. The van der Waals surface area contributed by atoms with E-state index >= 15 is 0 Å². The maximum absolute atomic E-state index is 4.25. The summed E-state index contributed by atoms with van der Waals surface area (Å²) in [7, 11) is 0. The van der Waals surface area contributed by atoms with Crippen molar-refractivity contribution < 1.29 is 0 Å². The third kappa shape index (κ3) is 5.31. The molecule has 0 aliphatic carbocycles. The Kier molecular flexibility index (Phi) is 6.16. The molecule has 3 heteroatoms. The van der Waals surface area contributed by atoms with Crippen LogP contribution in [0.3, 0.4) is 0 Å². The maximum Gasteiger partial charge on any atom is 0.0534 e. The molecule has 0 spiro atoms. The topological polar surface area (TPSA) is 29.9 Å². The molecule has 1 heterocycles. The number of rotatable bonds is 8. The molecule has 1 rings (SSSR count). The lowest BCUT2D eigenvalue weighted by Crippen LogP contribution is -2.14. The van der Waals surface area contributed by atoms with Crippen molar-refractivity contribution in [3.63, 3.8) is 0 Å². The summed E-state index contributed by atoms with van der Waals surface area (Å²) in [6.07, 6.45) is 8.01. The van der Waals surface area contributed by atoms with Crippen LogP contribution in [0.5, 0.6) is 0 Å². The van der Waals surface area contributed by atoms with E-state index < -0.39 is 0 Å². The number of aryl methyl sites for hydroxylation is 1. The molecular weight excluding hydrogens is 198 g/mol. The van der Waals surface area contributed by atoms with Gasteiger partial charge in [-0.05, 0) is 25.8 Å². The van der Waals surface area contributed by atoms with Crippen LogP contribution < -0.4 is 5.32 Å². The van der Waals surface area contributed by atoms with E-state index in [2.05, 4.69) is 37.4 Å². The van der Waals surface area contributed by atoms with E-state index in [1.54, 1.807) is 0 Å². The van der Waals surface area contributed by atoms with Crippen molar-refractivity contribution in [1.82, 2.24) is 15.1 Å². The minimum absolute atomic E-state index is 0.836. The van der Waals surface area contributed by atoms with Gasteiger partial charge in [0.25, 0.3) is 0 Å². The third-order valence-corrected chi connectivity index (χ3v) is 2.72. The predicted molar refractivity (Wildman–Crippen MR) is 68.3 cm³/mol. The highest BCUT2D eigenvalue weighted by molar-refractivity contribution is 5.02. The van der Waals surface area contributed by atoms with Crippen molar-refractivity contribution in [2.24, 2.45) is 5.92 Å². The molecule has 0 bridgehead atoms. The molecule has 0 aliphatic heterocycles. The highest BCUT2D eigenvalue weighted by Crippen LogP contribution is 2.05. The lowest BCUT2D eigenvalue weighted by Gasteiger charge is -2.05. The summed E-state index contributed by atoms with van der Waals surface area (Å²) in [5, 5.41) is 7.71. The van der Waals surface area contributed by atoms with Gasteiger partial charge in [-0.3, -0.25) is 4.68 Å². The monoisotopic (exact) mass is 223 g/mol. The summed E-state index contributed by atoms with van der Waals surface area (Å²) >= 11 is 0. The molecule has 0 atom stereocenters. The molecule has 16 heavy (non-hydrogen) atoms. The van der Waals surface area contributed by atoms with Crippen LogP contribution >= 0.6 is 0 Å². The van der Waals surface area contributed by atoms with Gasteiger partial charge in [-0.2, -0.15) is 5.10 Å².